The van der Waals surface area contributed by atoms with Crippen LogP contribution in [0.2, 0.25) is 0 Å². The van der Waals surface area contributed by atoms with Crippen LogP contribution in [0.5, 0.6) is 0 Å². The second-order valence-electron chi connectivity index (χ2n) is 2.54. The highest BCUT2D eigenvalue weighted by atomic mass is 32.1. The van der Waals surface area contributed by atoms with Gasteiger partial charge in [-0.15, -0.1) is 0 Å². The summed E-state index contributed by atoms with van der Waals surface area (Å²) in [6.07, 6.45) is 1.46. The highest BCUT2D eigenvalue weighted by Gasteiger charge is 2.10. The Balaban J connectivity index is 2.59. The molecule has 1 amide bonds. The molecule has 0 saturated carbocycles. The zero-order valence-corrected chi connectivity index (χ0v) is 7.98. The Morgan fingerprint density at radius 2 is 2.46 bits per heavy atom. The molecule has 0 saturated heterocycles. The molecule has 0 atom stereocenters. The Labute approximate surface area is 81.1 Å². The molecule has 0 aliphatic rings. The number of thiocarbonyl (C=S) groups is 1. The summed E-state index contributed by atoms with van der Waals surface area (Å²) in [6, 6.07) is 1.60. The Morgan fingerprint density at radius 3 is 2.92 bits per heavy atom. The fourth-order valence-corrected chi connectivity index (χ4v) is 0.955. The van der Waals surface area contributed by atoms with Crippen molar-refractivity contribution in [3.05, 3.63) is 23.7 Å². The predicted molar refractivity (Wildman–Crippen MR) is 52.6 cm³/mol. The number of furan rings is 1. The first-order valence-electron chi connectivity index (χ1n) is 3.72. The number of amides is 1. The highest BCUT2D eigenvalue weighted by Crippen LogP contribution is 2.07. The summed E-state index contributed by atoms with van der Waals surface area (Å²) in [6.45, 7) is 1.93. The van der Waals surface area contributed by atoms with Crippen LogP contribution in [0.4, 0.5) is 0 Å². The van der Waals surface area contributed by atoms with Gasteiger partial charge in [-0.05, 0) is 13.0 Å². The number of hydrogen-bond donors (Lipinski definition) is 2. The first-order valence-corrected chi connectivity index (χ1v) is 4.12. The fraction of sp³-hybridized carbons (Fsp3) is 0.250. The standard InChI is InChI=1S/C8H10N2O2S/c1-5-6(2-3-12-5)8(11)10-4-7(9)13/h2-3H,4H2,1H3,(H2,9,13)(H,10,11). The molecule has 1 heterocycles. The van der Waals surface area contributed by atoms with E-state index >= 15 is 0 Å². The van der Waals surface area contributed by atoms with Crippen molar-refractivity contribution in [1.29, 1.82) is 0 Å². The Bertz CT molecular complexity index is 333. The molecule has 0 spiro atoms. The van der Waals surface area contributed by atoms with Gasteiger partial charge in [0, 0.05) is 0 Å². The van der Waals surface area contributed by atoms with Crippen molar-refractivity contribution in [2.24, 2.45) is 5.73 Å². The van der Waals surface area contributed by atoms with Crippen LogP contribution in [0.25, 0.3) is 0 Å². The quantitative estimate of drug-likeness (QED) is 0.698. The van der Waals surface area contributed by atoms with Crippen molar-refractivity contribution in [2.45, 2.75) is 6.92 Å². The summed E-state index contributed by atoms with van der Waals surface area (Å²) in [5.41, 5.74) is 5.74. The summed E-state index contributed by atoms with van der Waals surface area (Å²) in [5.74, 6) is 0.361. The molecule has 5 heteroatoms. The molecule has 13 heavy (non-hydrogen) atoms. The molecule has 0 aliphatic carbocycles. The molecule has 0 bridgehead atoms. The molecule has 0 unspecified atom stereocenters. The minimum Gasteiger partial charge on any atom is -0.469 e. The predicted octanol–water partition coefficient (Wildman–Crippen LogP) is 0.604. The second kappa shape index (κ2) is 4.04. The maximum atomic E-state index is 11.3. The molecule has 4 nitrogen and oxygen atoms in total. The third kappa shape index (κ3) is 2.55. The van der Waals surface area contributed by atoms with Gasteiger partial charge < -0.3 is 15.5 Å². The second-order valence-corrected chi connectivity index (χ2v) is 3.06. The monoisotopic (exact) mass is 198 g/mol. The molecule has 70 valence electrons. The van der Waals surface area contributed by atoms with Crippen LogP contribution in [0, 0.1) is 6.92 Å². The van der Waals surface area contributed by atoms with Crippen molar-refractivity contribution in [1.82, 2.24) is 5.32 Å². The summed E-state index contributed by atoms with van der Waals surface area (Å²) in [7, 11) is 0. The molecule has 0 fully saturated rings. The van der Waals surface area contributed by atoms with Crippen LogP contribution >= 0.6 is 12.2 Å². The topological polar surface area (TPSA) is 68.3 Å². The van der Waals surface area contributed by atoms with Crippen molar-refractivity contribution < 1.29 is 9.21 Å². The van der Waals surface area contributed by atoms with E-state index in [-0.39, 0.29) is 17.4 Å². The fourth-order valence-electron chi connectivity index (χ4n) is 0.883. The average Bonchev–Trinajstić information content (AvgIpc) is 2.47. The van der Waals surface area contributed by atoms with Gasteiger partial charge in [-0.3, -0.25) is 4.79 Å². The lowest BCUT2D eigenvalue weighted by Gasteiger charge is -2.01. The van der Waals surface area contributed by atoms with E-state index in [2.05, 4.69) is 17.5 Å². The van der Waals surface area contributed by atoms with Crippen LogP contribution < -0.4 is 11.1 Å². The Hall–Kier alpha value is -1.36. The number of nitrogens with two attached hydrogens (primary N) is 1. The average molecular weight is 198 g/mol. The van der Waals surface area contributed by atoms with E-state index in [0.717, 1.165) is 0 Å². The zero-order chi connectivity index (χ0) is 9.84. The van der Waals surface area contributed by atoms with Crippen molar-refractivity contribution >= 4 is 23.1 Å². The minimum atomic E-state index is -0.223. The van der Waals surface area contributed by atoms with Gasteiger partial charge in [0.15, 0.2) is 0 Å². The third-order valence-corrected chi connectivity index (χ3v) is 1.67. The van der Waals surface area contributed by atoms with Gasteiger partial charge in [0.1, 0.15) is 5.76 Å². The molecule has 3 N–H and O–H groups in total. The number of nitrogens with one attached hydrogen (secondary N) is 1. The van der Waals surface area contributed by atoms with Gasteiger partial charge in [-0.2, -0.15) is 0 Å². The number of carbonyl (C=O) groups excluding carboxylic acids is 1. The van der Waals surface area contributed by atoms with E-state index in [4.69, 9.17) is 10.2 Å². The number of carbonyl (C=O) groups is 1. The lowest BCUT2D eigenvalue weighted by molar-refractivity contribution is 0.0958. The maximum absolute atomic E-state index is 11.3. The molecule has 1 rings (SSSR count). The summed E-state index contributed by atoms with van der Waals surface area (Å²) < 4.78 is 4.97. The van der Waals surface area contributed by atoms with E-state index in [9.17, 15) is 4.79 Å². The van der Waals surface area contributed by atoms with Crippen LogP contribution in [0.1, 0.15) is 16.1 Å². The summed E-state index contributed by atoms with van der Waals surface area (Å²) in [5, 5.41) is 2.56. The van der Waals surface area contributed by atoms with Gasteiger partial charge in [-0.1, -0.05) is 12.2 Å². The van der Waals surface area contributed by atoms with Gasteiger partial charge in [0.2, 0.25) is 0 Å². The molecule has 1 aromatic rings. The van der Waals surface area contributed by atoms with Crippen LogP contribution in [0.3, 0.4) is 0 Å². The van der Waals surface area contributed by atoms with Crippen LogP contribution in [0.15, 0.2) is 16.7 Å². The SMILES string of the molecule is Cc1occc1C(=O)NCC(N)=S. The van der Waals surface area contributed by atoms with Gasteiger partial charge >= 0.3 is 0 Å². The normalized spacial score (nSPS) is 9.62. The molecule has 0 radical (unpaired) electrons. The number of aryl methyl sites for hydroxylation is 1. The first-order chi connectivity index (χ1) is 6.11. The lowest BCUT2D eigenvalue weighted by Crippen LogP contribution is -2.32. The van der Waals surface area contributed by atoms with E-state index in [1.54, 1.807) is 13.0 Å². The highest BCUT2D eigenvalue weighted by molar-refractivity contribution is 7.80. The maximum Gasteiger partial charge on any atom is 0.255 e. The summed E-state index contributed by atoms with van der Waals surface area (Å²) in [4.78, 5) is 11.6. The molecular formula is C8H10N2O2S. The first kappa shape index (κ1) is 9.73. The molecule has 1 aromatic heterocycles. The molecule has 0 aromatic carbocycles. The van der Waals surface area contributed by atoms with E-state index < -0.39 is 0 Å². The molecule has 0 aliphatic heterocycles. The van der Waals surface area contributed by atoms with E-state index in [1.807, 2.05) is 0 Å². The van der Waals surface area contributed by atoms with Gasteiger partial charge in [0.25, 0.3) is 5.91 Å². The molecular weight excluding hydrogens is 188 g/mol. The Morgan fingerprint density at radius 1 is 1.77 bits per heavy atom. The smallest absolute Gasteiger partial charge is 0.255 e. The van der Waals surface area contributed by atoms with Crippen molar-refractivity contribution in [3.63, 3.8) is 0 Å². The van der Waals surface area contributed by atoms with Crippen molar-refractivity contribution in [2.75, 3.05) is 6.54 Å². The third-order valence-electron chi connectivity index (χ3n) is 1.53. The number of hydrogen-bond acceptors (Lipinski definition) is 3. The Kier molecular flexibility index (Phi) is 3.02. The number of rotatable bonds is 3. The summed E-state index contributed by atoms with van der Waals surface area (Å²) >= 11 is 4.62. The van der Waals surface area contributed by atoms with E-state index in [1.165, 1.54) is 6.26 Å². The van der Waals surface area contributed by atoms with Gasteiger partial charge in [-0.25, -0.2) is 0 Å². The lowest BCUT2D eigenvalue weighted by atomic mass is 10.2. The van der Waals surface area contributed by atoms with E-state index in [0.29, 0.717) is 11.3 Å². The zero-order valence-electron chi connectivity index (χ0n) is 7.16. The minimum absolute atomic E-state index is 0.207. The van der Waals surface area contributed by atoms with Crippen LogP contribution in [-0.2, 0) is 0 Å². The van der Waals surface area contributed by atoms with Gasteiger partial charge in [0.05, 0.1) is 23.4 Å². The van der Waals surface area contributed by atoms with Crippen molar-refractivity contribution in [3.8, 4) is 0 Å². The largest absolute Gasteiger partial charge is 0.469 e. The van der Waals surface area contributed by atoms with Crippen LogP contribution in [-0.4, -0.2) is 17.4 Å².